The first-order valence-electron chi connectivity index (χ1n) is 19.1. The SMILES string of the molecule is Oc1ccccc1-c1cc(-c2ccccc2)cc(-c2[c-]c(N(c3ccccn3)c3c(-c4ccccc4)cccc3-c3ccccc3)cc(Cc3ccccc3)c2)n1.[Pt]. The van der Waals surface area contributed by atoms with Gasteiger partial charge in [0, 0.05) is 44.0 Å². The Morgan fingerprint density at radius 2 is 1.02 bits per heavy atom. The van der Waals surface area contributed by atoms with Gasteiger partial charge in [-0.1, -0.05) is 164 Å². The number of anilines is 3. The fourth-order valence-electron chi connectivity index (χ4n) is 7.43. The van der Waals surface area contributed by atoms with Crippen molar-refractivity contribution in [3.63, 3.8) is 0 Å². The smallest absolute Gasteiger partial charge is 0.136 e. The summed E-state index contributed by atoms with van der Waals surface area (Å²) in [5.41, 5.74) is 13.4. The second kappa shape index (κ2) is 17.5. The van der Waals surface area contributed by atoms with Crippen LogP contribution in [0, 0.1) is 6.07 Å². The molecule has 0 saturated heterocycles. The maximum absolute atomic E-state index is 11.0. The Bertz CT molecular complexity index is 2710. The number of nitrogens with zero attached hydrogens (tertiary/aromatic N) is 3. The van der Waals surface area contributed by atoms with E-state index < -0.39 is 0 Å². The number of rotatable bonds is 10. The van der Waals surface area contributed by atoms with Gasteiger partial charge in [-0.25, -0.2) is 4.98 Å². The van der Waals surface area contributed by atoms with Crippen molar-refractivity contribution >= 4 is 17.2 Å². The molecule has 2 heterocycles. The molecule has 5 heteroatoms. The Morgan fingerprint density at radius 3 is 1.64 bits per heavy atom. The summed E-state index contributed by atoms with van der Waals surface area (Å²) in [5.74, 6) is 0.939. The molecule has 0 unspecified atom stereocenters. The van der Waals surface area contributed by atoms with E-state index in [4.69, 9.17) is 9.97 Å². The molecule has 9 aromatic rings. The number of para-hydroxylation sites is 2. The zero-order valence-corrected chi connectivity index (χ0v) is 33.8. The van der Waals surface area contributed by atoms with Crippen molar-refractivity contribution in [2.75, 3.05) is 4.90 Å². The summed E-state index contributed by atoms with van der Waals surface area (Å²) < 4.78 is 0. The van der Waals surface area contributed by atoms with Crippen LogP contribution in [0.15, 0.2) is 212 Å². The molecule has 0 aliphatic rings. The minimum Gasteiger partial charge on any atom is -0.507 e. The van der Waals surface area contributed by atoms with E-state index in [1.807, 2.05) is 79.0 Å². The molecule has 58 heavy (non-hydrogen) atoms. The van der Waals surface area contributed by atoms with Crippen LogP contribution in [0.25, 0.3) is 55.9 Å². The molecular formula is C53H38N3OPt-. The molecule has 0 aliphatic heterocycles. The molecule has 0 radical (unpaired) electrons. The molecule has 282 valence electrons. The van der Waals surface area contributed by atoms with Gasteiger partial charge in [0.05, 0.1) is 11.4 Å². The molecule has 0 aliphatic carbocycles. The average molecular weight is 928 g/mol. The van der Waals surface area contributed by atoms with Gasteiger partial charge in [0.2, 0.25) is 0 Å². The normalized spacial score (nSPS) is 10.8. The van der Waals surface area contributed by atoms with Gasteiger partial charge in [0.1, 0.15) is 11.6 Å². The van der Waals surface area contributed by atoms with Crippen LogP contribution in [0.3, 0.4) is 0 Å². The third-order valence-electron chi connectivity index (χ3n) is 10.1. The van der Waals surface area contributed by atoms with Crippen molar-refractivity contribution in [3.05, 3.63) is 230 Å². The van der Waals surface area contributed by atoms with Crippen molar-refractivity contribution in [1.82, 2.24) is 9.97 Å². The van der Waals surface area contributed by atoms with Crippen LogP contribution in [-0.2, 0) is 27.5 Å². The van der Waals surface area contributed by atoms with Gasteiger partial charge in [-0.2, -0.15) is 0 Å². The fraction of sp³-hybridized carbons (Fsp3) is 0.0189. The van der Waals surface area contributed by atoms with Crippen LogP contribution in [0.4, 0.5) is 17.2 Å². The molecule has 4 nitrogen and oxygen atoms in total. The Kier molecular flexibility index (Phi) is 11.5. The minimum absolute atomic E-state index is 0. The number of hydrogen-bond acceptors (Lipinski definition) is 4. The van der Waals surface area contributed by atoms with Crippen molar-refractivity contribution < 1.29 is 26.2 Å². The van der Waals surface area contributed by atoms with Crippen molar-refractivity contribution in [1.29, 1.82) is 0 Å². The largest absolute Gasteiger partial charge is 0.507 e. The first-order chi connectivity index (χ1) is 28.2. The van der Waals surface area contributed by atoms with Gasteiger partial charge >= 0.3 is 0 Å². The van der Waals surface area contributed by atoms with E-state index in [0.717, 1.165) is 67.4 Å². The molecule has 7 aromatic carbocycles. The topological polar surface area (TPSA) is 49.2 Å². The van der Waals surface area contributed by atoms with Gasteiger partial charge < -0.3 is 10.0 Å². The predicted octanol–water partition coefficient (Wildman–Crippen LogP) is 13.4. The fourth-order valence-corrected chi connectivity index (χ4v) is 7.43. The summed E-state index contributed by atoms with van der Waals surface area (Å²) in [5, 5.41) is 11.0. The van der Waals surface area contributed by atoms with Crippen LogP contribution in [0.1, 0.15) is 11.1 Å². The van der Waals surface area contributed by atoms with Crippen LogP contribution < -0.4 is 4.90 Å². The molecule has 2 aromatic heterocycles. The Morgan fingerprint density at radius 1 is 0.466 bits per heavy atom. The van der Waals surface area contributed by atoms with E-state index in [9.17, 15) is 5.11 Å². The van der Waals surface area contributed by atoms with Crippen molar-refractivity contribution in [2.45, 2.75) is 6.42 Å². The number of pyridine rings is 2. The quantitative estimate of drug-likeness (QED) is 0.139. The molecule has 0 bridgehead atoms. The minimum atomic E-state index is 0. The summed E-state index contributed by atoms with van der Waals surface area (Å²) in [6, 6.07) is 74.3. The number of aromatic nitrogens is 2. The zero-order chi connectivity index (χ0) is 38.4. The van der Waals surface area contributed by atoms with Crippen LogP contribution in [-0.4, -0.2) is 15.1 Å². The maximum Gasteiger partial charge on any atom is 0.136 e. The zero-order valence-electron chi connectivity index (χ0n) is 31.5. The second-order valence-electron chi connectivity index (χ2n) is 13.9. The Labute approximate surface area is 354 Å². The van der Waals surface area contributed by atoms with Crippen LogP contribution in [0.5, 0.6) is 5.75 Å². The number of aromatic hydroxyl groups is 1. The van der Waals surface area contributed by atoms with E-state index in [1.165, 1.54) is 5.56 Å². The molecule has 0 spiro atoms. The van der Waals surface area contributed by atoms with Crippen LogP contribution in [0.2, 0.25) is 0 Å². The average Bonchev–Trinajstić information content (AvgIpc) is 3.28. The molecule has 0 atom stereocenters. The number of benzene rings is 7. The molecule has 0 saturated carbocycles. The molecule has 0 fully saturated rings. The number of hydrogen-bond donors (Lipinski definition) is 1. The number of phenols is 1. The summed E-state index contributed by atoms with van der Waals surface area (Å²) >= 11 is 0. The molecule has 0 amide bonds. The third kappa shape index (κ3) is 8.16. The van der Waals surface area contributed by atoms with Crippen molar-refractivity contribution in [3.8, 4) is 61.6 Å². The maximum atomic E-state index is 11.0. The van der Waals surface area contributed by atoms with Gasteiger partial charge in [0.15, 0.2) is 0 Å². The predicted molar refractivity (Wildman–Crippen MR) is 234 cm³/mol. The Balaban J connectivity index is 0.00000469. The van der Waals surface area contributed by atoms with Gasteiger partial charge in [-0.15, -0.1) is 29.3 Å². The van der Waals surface area contributed by atoms with E-state index in [-0.39, 0.29) is 26.8 Å². The first kappa shape index (κ1) is 38.0. The monoisotopic (exact) mass is 927 g/mol. The summed E-state index contributed by atoms with van der Waals surface area (Å²) in [6.07, 6.45) is 2.54. The van der Waals surface area contributed by atoms with Crippen LogP contribution >= 0.6 is 0 Å². The standard InChI is InChI=1S/C53H38N3O.Pt/c57-51-29-14-13-26-48(51)50-37-43(40-20-7-2-8-21-40)36-49(55-50)44-33-39(32-38-18-5-1-6-19-38)34-45(35-44)56(52-30-15-16-31-54-52)53-46(41-22-9-3-10-23-41)27-17-28-47(53)42-24-11-4-12-25-42;/h1-31,33-34,36-37,57H,32H2;/q-1;. The Hall–Kier alpha value is -6.87. The van der Waals surface area contributed by atoms with Gasteiger partial charge in [-0.3, -0.25) is 4.98 Å². The summed E-state index contributed by atoms with van der Waals surface area (Å²) in [4.78, 5) is 12.5. The second-order valence-corrected chi connectivity index (χ2v) is 13.9. The third-order valence-corrected chi connectivity index (χ3v) is 10.1. The van der Waals surface area contributed by atoms with E-state index in [2.05, 4.69) is 138 Å². The molecule has 1 N–H and O–H groups in total. The number of phenolic OH excluding ortho intramolecular Hbond substituents is 1. The molecule has 9 rings (SSSR count). The molecular weight excluding hydrogens is 890 g/mol. The first-order valence-corrected chi connectivity index (χ1v) is 19.1. The summed E-state index contributed by atoms with van der Waals surface area (Å²) in [6.45, 7) is 0. The van der Waals surface area contributed by atoms with Gasteiger partial charge in [-0.05, 0) is 76.0 Å². The van der Waals surface area contributed by atoms with E-state index in [1.54, 1.807) is 6.07 Å². The van der Waals surface area contributed by atoms with Gasteiger partial charge in [0.25, 0.3) is 0 Å². The van der Waals surface area contributed by atoms with Crippen molar-refractivity contribution in [2.24, 2.45) is 0 Å². The van der Waals surface area contributed by atoms with E-state index >= 15 is 0 Å². The van der Waals surface area contributed by atoms with E-state index in [0.29, 0.717) is 17.7 Å². The summed E-state index contributed by atoms with van der Waals surface area (Å²) in [7, 11) is 0.